The highest BCUT2D eigenvalue weighted by atomic mass is 16.1. The Morgan fingerprint density at radius 1 is 1.47 bits per heavy atom. The molecule has 1 atom stereocenters. The van der Waals surface area contributed by atoms with Gasteiger partial charge in [0, 0.05) is 12.6 Å². The molecular formula is C13H21N3O. The normalized spacial score (nSPS) is 12.4. The Morgan fingerprint density at radius 2 is 2.24 bits per heavy atom. The predicted octanol–water partition coefficient (Wildman–Crippen LogP) is 2.00. The zero-order valence-corrected chi connectivity index (χ0v) is 10.4. The SMILES string of the molecule is CCC(CCN)CCC(=O)c1cccnc1N. The molecule has 1 rings (SSSR count). The van der Waals surface area contributed by atoms with Crippen molar-refractivity contribution in [3.8, 4) is 0 Å². The van der Waals surface area contributed by atoms with Crippen molar-refractivity contribution in [3.05, 3.63) is 23.9 Å². The lowest BCUT2D eigenvalue weighted by molar-refractivity contribution is 0.0973. The number of anilines is 1. The molecule has 4 N–H and O–H groups in total. The highest BCUT2D eigenvalue weighted by molar-refractivity contribution is 5.99. The predicted molar refractivity (Wildman–Crippen MR) is 69.7 cm³/mol. The van der Waals surface area contributed by atoms with Crippen molar-refractivity contribution in [2.24, 2.45) is 11.7 Å². The van der Waals surface area contributed by atoms with E-state index >= 15 is 0 Å². The minimum absolute atomic E-state index is 0.0751. The third kappa shape index (κ3) is 4.15. The highest BCUT2D eigenvalue weighted by Crippen LogP contribution is 2.18. The monoisotopic (exact) mass is 235 g/mol. The smallest absolute Gasteiger partial charge is 0.166 e. The van der Waals surface area contributed by atoms with E-state index in [0.29, 0.717) is 30.3 Å². The summed E-state index contributed by atoms with van der Waals surface area (Å²) in [7, 11) is 0. The fourth-order valence-electron chi connectivity index (χ4n) is 1.91. The summed E-state index contributed by atoms with van der Waals surface area (Å²) in [5, 5.41) is 0. The van der Waals surface area contributed by atoms with Crippen LogP contribution in [0.4, 0.5) is 5.82 Å². The maximum Gasteiger partial charge on any atom is 0.166 e. The molecular weight excluding hydrogens is 214 g/mol. The van der Waals surface area contributed by atoms with Crippen LogP contribution < -0.4 is 11.5 Å². The molecule has 0 saturated carbocycles. The van der Waals surface area contributed by atoms with Crippen LogP contribution in [0.1, 0.15) is 43.0 Å². The lowest BCUT2D eigenvalue weighted by Gasteiger charge is -2.12. The number of ketones is 1. The van der Waals surface area contributed by atoms with Crippen molar-refractivity contribution in [3.63, 3.8) is 0 Å². The number of Topliss-reactive ketones (excluding diaryl/α,β-unsaturated/α-hetero) is 1. The molecule has 1 aromatic heterocycles. The molecule has 1 aromatic rings. The number of nitrogens with zero attached hydrogens (tertiary/aromatic N) is 1. The molecule has 94 valence electrons. The zero-order valence-electron chi connectivity index (χ0n) is 10.4. The van der Waals surface area contributed by atoms with Gasteiger partial charge in [0.25, 0.3) is 0 Å². The number of pyridine rings is 1. The molecule has 0 aliphatic heterocycles. The highest BCUT2D eigenvalue weighted by Gasteiger charge is 2.13. The number of hydrogen-bond acceptors (Lipinski definition) is 4. The van der Waals surface area contributed by atoms with Crippen molar-refractivity contribution in [1.29, 1.82) is 0 Å². The van der Waals surface area contributed by atoms with Gasteiger partial charge in [0.2, 0.25) is 0 Å². The molecule has 1 unspecified atom stereocenters. The summed E-state index contributed by atoms with van der Waals surface area (Å²) >= 11 is 0. The van der Waals surface area contributed by atoms with Crippen LogP contribution in [-0.4, -0.2) is 17.3 Å². The lowest BCUT2D eigenvalue weighted by Crippen LogP contribution is -2.11. The summed E-state index contributed by atoms with van der Waals surface area (Å²) in [4.78, 5) is 15.9. The molecule has 4 heteroatoms. The second-order valence-corrected chi connectivity index (χ2v) is 4.25. The quantitative estimate of drug-likeness (QED) is 0.708. The Morgan fingerprint density at radius 3 is 2.82 bits per heavy atom. The standard InChI is InChI=1S/C13H21N3O/c1-2-10(7-8-14)5-6-12(17)11-4-3-9-16-13(11)15/h3-4,9-10H,2,5-8,14H2,1H3,(H2,15,16). The van der Waals surface area contributed by atoms with Crippen LogP contribution in [0.3, 0.4) is 0 Å². The van der Waals surface area contributed by atoms with Crippen LogP contribution in [0, 0.1) is 5.92 Å². The number of aromatic nitrogens is 1. The lowest BCUT2D eigenvalue weighted by atomic mass is 9.94. The number of nitrogen functional groups attached to an aromatic ring is 1. The molecule has 17 heavy (non-hydrogen) atoms. The van der Waals surface area contributed by atoms with Crippen molar-refractivity contribution in [2.75, 3.05) is 12.3 Å². The average Bonchev–Trinajstić information content (AvgIpc) is 2.34. The molecule has 0 aliphatic rings. The molecule has 4 nitrogen and oxygen atoms in total. The van der Waals surface area contributed by atoms with E-state index in [2.05, 4.69) is 11.9 Å². The number of nitrogens with two attached hydrogens (primary N) is 2. The van der Waals surface area contributed by atoms with E-state index in [1.54, 1.807) is 18.3 Å². The Hall–Kier alpha value is -1.42. The van der Waals surface area contributed by atoms with Crippen LogP contribution in [0.15, 0.2) is 18.3 Å². The van der Waals surface area contributed by atoms with Gasteiger partial charge in [-0.3, -0.25) is 4.79 Å². The van der Waals surface area contributed by atoms with E-state index in [1.165, 1.54) is 0 Å². The van der Waals surface area contributed by atoms with Gasteiger partial charge in [0.05, 0.1) is 5.56 Å². The van der Waals surface area contributed by atoms with E-state index in [-0.39, 0.29) is 5.78 Å². The Balaban J connectivity index is 2.52. The van der Waals surface area contributed by atoms with Crippen molar-refractivity contribution < 1.29 is 4.79 Å². The van der Waals surface area contributed by atoms with E-state index < -0.39 is 0 Å². The van der Waals surface area contributed by atoms with Gasteiger partial charge in [-0.2, -0.15) is 0 Å². The zero-order chi connectivity index (χ0) is 12.7. The maximum atomic E-state index is 11.9. The van der Waals surface area contributed by atoms with E-state index in [9.17, 15) is 4.79 Å². The second-order valence-electron chi connectivity index (χ2n) is 4.25. The third-order valence-electron chi connectivity index (χ3n) is 3.07. The number of carbonyl (C=O) groups excluding carboxylic acids is 1. The van der Waals surface area contributed by atoms with E-state index in [0.717, 1.165) is 19.3 Å². The minimum atomic E-state index is 0.0751. The van der Waals surface area contributed by atoms with Crippen molar-refractivity contribution >= 4 is 11.6 Å². The second kappa shape index (κ2) is 7.01. The molecule has 0 fully saturated rings. The first kappa shape index (κ1) is 13.6. The van der Waals surface area contributed by atoms with Gasteiger partial charge in [-0.15, -0.1) is 0 Å². The average molecular weight is 235 g/mol. The van der Waals surface area contributed by atoms with Crippen LogP contribution in [0.2, 0.25) is 0 Å². The van der Waals surface area contributed by atoms with Gasteiger partial charge in [-0.25, -0.2) is 4.98 Å². The molecule has 0 spiro atoms. The maximum absolute atomic E-state index is 11.9. The molecule has 0 amide bonds. The Kier molecular flexibility index (Phi) is 5.63. The van der Waals surface area contributed by atoms with Crippen LogP contribution in [0.5, 0.6) is 0 Å². The van der Waals surface area contributed by atoms with Gasteiger partial charge in [0.15, 0.2) is 5.78 Å². The molecule has 0 bridgehead atoms. The fourth-order valence-corrected chi connectivity index (χ4v) is 1.91. The van der Waals surface area contributed by atoms with Crippen molar-refractivity contribution in [1.82, 2.24) is 4.98 Å². The summed E-state index contributed by atoms with van der Waals surface area (Å²) in [6, 6.07) is 3.47. The molecule has 0 saturated heterocycles. The number of rotatable bonds is 7. The number of carbonyl (C=O) groups is 1. The van der Waals surface area contributed by atoms with Gasteiger partial charge in [0.1, 0.15) is 5.82 Å². The van der Waals surface area contributed by atoms with Gasteiger partial charge in [-0.1, -0.05) is 13.3 Å². The van der Waals surface area contributed by atoms with Gasteiger partial charge >= 0.3 is 0 Å². The number of hydrogen-bond donors (Lipinski definition) is 2. The summed E-state index contributed by atoms with van der Waals surface area (Å²) < 4.78 is 0. The van der Waals surface area contributed by atoms with Crippen molar-refractivity contribution in [2.45, 2.75) is 32.6 Å². The Bertz CT molecular complexity index is 365. The summed E-state index contributed by atoms with van der Waals surface area (Å²) in [5.41, 5.74) is 11.7. The van der Waals surface area contributed by atoms with Gasteiger partial charge in [-0.05, 0) is 37.4 Å². The molecule has 0 aromatic carbocycles. The van der Waals surface area contributed by atoms with Gasteiger partial charge < -0.3 is 11.5 Å². The third-order valence-corrected chi connectivity index (χ3v) is 3.07. The largest absolute Gasteiger partial charge is 0.383 e. The summed E-state index contributed by atoms with van der Waals surface area (Å²) in [6.07, 6.45) is 5.03. The topological polar surface area (TPSA) is 82.0 Å². The Labute approximate surface area is 102 Å². The van der Waals surface area contributed by atoms with Crippen LogP contribution in [-0.2, 0) is 0 Å². The first-order valence-electron chi connectivity index (χ1n) is 6.12. The fraction of sp³-hybridized carbons (Fsp3) is 0.538. The first-order chi connectivity index (χ1) is 8.19. The van der Waals surface area contributed by atoms with Crippen LogP contribution >= 0.6 is 0 Å². The van der Waals surface area contributed by atoms with E-state index in [4.69, 9.17) is 11.5 Å². The van der Waals surface area contributed by atoms with E-state index in [1.807, 2.05) is 0 Å². The first-order valence-corrected chi connectivity index (χ1v) is 6.12. The molecule has 0 aliphatic carbocycles. The molecule has 0 radical (unpaired) electrons. The minimum Gasteiger partial charge on any atom is -0.383 e. The molecule has 1 heterocycles. The summed E-state index contributed by atoms with van der Waals surface area (Å²) in [5.74, 6) is 0.928. The summed E-state index contributed by atoms with van der Waals surface area (Å²) in [6.45, 7) is 2.81. The van der Waals surface area contributed by atoms with Crippen LogP contribution in [0.25, 0.3) is 0 Å².